The van der Waals surface area contributed by atoms with Gasteiger partial charge in [0.1, 0.15) is 5.75 Å². The van der Waals surface area contributed by atoms with Crippen molar-refractivity contribution in [1.82, 2.24) is 9.97 Å². The number of methoxy groups -OCH3 is 1. The van der Waals surface area contributed by atoms with Gasteiger partial charge in [-0.15, -0.1) is 11.3 Å². The molecule has 4 rings (SSSR count). The number of thiazole rings is 1. The van der Waals surface area contributed by atoms with Crippen LogP contribution in [0.15, 0.2) is 57.1 Å². The highest BCUT2D eigenvalue weighted by atomic mass is 32.1. The Labute approximate surface area is 141 Å². The monoisotopic (exact) mass is 338 g/mol. The maximum absolute atomic E-state index is 11.2. The lowest BCUT2D eigenvalue weighted by Gasteiger charge is -2.01. The van der Waals surface area contributed by atoms with Crippen LogP contribution in [0.4, 0.5) is 0 Å². The van der Waals surface area contributed by atoms with E-state index in [4.69, 9.17) is 9.15 Å². The normalized spacial score (nSPS) is 11.0. The number of nitrogens with zero attached hydrogens (tertiary/aromatic N) is 1. The van der Waals surface area contributed by atoms with Gasteiger partial charge in [0.05, 0.1) is 23.3 Å². The summed E-state index contributed by atoms with van der Waals surface area (Å²) in [5.41, 5.74) is 4.24. The number of hydrogen-bond acceptors (Lipinski definition) is 5. The van der Waals surface area contributed by atoms with E-state index >= 15 is 0 Å². The average Bonchev–Trinajstić information content (AvgIpc) is 3.20. The number of nitrogens with one attached hydrogen (secondary N) is 1. The van der Waals surface area contributed by atoms with Gasteiger partial charge in [-0.2, -0.15) is 0 Å². The first-order chi connectivity index (χ1) is 11.7. The molecule has 0 radical (unpaired) electrons. The van der Waals surface area contributed by atoms with Crippen LogP contribution in [-0.4, -0.2) is 17.1 Å². The number of hydrogen-bond donors (Lipinski definition) is 1. The molecule has 0 saturated carbocycles. The third-order valence-corrected chi connectivity index (χ3v) is 4.63. The van der Waals surface area contributed by atoms with Gasteiger partial charge in [-0.25, -0.2) is 9.78 Å². The second-order valence-electron chi connectivity index (χ2n) is 5.38. The van der Waals surface area contributed by atoms with Crippen LogP contribution in [0, 0.1) is 0 Å². The quantitative estimate of drug-likeness (QED) is 0.614. The molecule has 0 aliphatic rings. The van der Waals surface area contributed by atoms with Crippen LogP contribution in [-0.2, 0) is 6.42 Å². The van der Waals surface area contributed by atoms with Gasteiger partial charge in [0.25, 0.3) is 0 Å². The number of aromatic nitrogens is 2. The minimum absolute atomic E-state index is 0.444. The Morgan fingerprint density at radius 1 is 1.21 bits per heavy atom. The van der Waals surface area contributed by atoms with E-state index in [1.54, 1.807) is 18.4 Å². The van der Waals surface area contributed by atoms with E-state index in [1.807, 2.05) is 47.8 Å². The van der Waals surface area contributed by atoms with Crippen molar-refractivity contribution in [1.29, 1.82) is 0 Å². The Morgan fingerprint density at radius 3 is 2.83 bits per heavy atom. The lowest BCUT2D eigenvalue weighted by atomic mass is 10.1. The highest BCUT2D eigenvalue weighted by Gasteiger charge is 2.08. The molecule has 0 aliphatic carbocycles. The lowest BCUT2D eigenvalue weighted by Crippen LogP contribution is -1.92. The van der Waals surface area contributed by atoms with Crippen molar-refractivity contribution >= 4 is 22.4 Å². The Balaban J connectivity index is 1.59. The van der Waals surface area contributed by atoms with Gasteiger partial charge in [0.2, 0.25) is 0 Å². The summed E-state index contributed by atoms with van der Waals surface area (Å²) in [6, 6.07) is 13.6. The number of benzene rings is 2. The molecule has 0 saturated heterocycles. The van der Waals surface area contributed by atoms with Crippen molar-refractivity contribution in [2.24, 2.45) is 0 Å². The highest BCUT2D eigenvalue weighted by molar-refractivity contribution is 7.10. The summed E-state index contributed by atoms with van der Waals surface area (Å²) in [6.07, 6.45) is 0.774. The SMILES string of the molecule is COc1ccc(Cc2nc(-c3ccc4[nH]c(=O)oc4c3)cs2)cc1. The summed E-state index contributed by atoms with van der Waals surface area (Å²) in [5, 5.41) is 3.05. The first kappa shape index (κ1) is 14.7. The lowest BCUT2D eigenvalue weighted by molar-refractivity contribution is 0.414. The fourth-order valence-electron chi connectivity index (χ4n) is 2.55. The molecule has 0 amide bonds. The standard InChI is InChI=1S/C18H14N2O3S/c1-22-13-5-2-11(3-6-13)8-17-19-15(10-24-17)12-4-7-14-16(9-12)23-18(21)20-14/h2-7,9-10H,8H2,1H3,(H,20,21). The molecule has 2 heterocycles. The van der Waals surface area contributed by atoms with Gasteiger partial charge in [-0.05, 0) is 29.8 Å². The molecule has 120 valence electrons. The summed E-state index contributed by atoms with van der Waals surface area (Å²) in [5.74, 6) is 0.403. The number of fused-ring (bicyclic) bond motifs is 1. The van der Waals surface area contributed by atoms with E-state index in [0.29, 0.717) is 11.1 Å². The van der Waals surface area contributed by atoms with Crippen LogP contribution in [0.3, 0.4) is 0 Å². The molecule has 1 N–H and O–H groups in total. The first-order valence-corrected chi connectivity index (χ1v) is 8.30. The fraction of sp³-hybridized carbons (Fsp3) is 0.111. The van der Waals surface area contributed by atoms with Crippen molar-refractivity contribution in [3.05, 3.63) is 69.0 Å². The van der Waals surface area contributed by atoms with Crippen molar-refractivity contribution in [3.8, 4) is 17.0 Å². The van der Waals surface area contributed by atoms with E-state index in [2.05, 4.69) is 9.97 Å². The topological polar surface area (TPSA) is 68.1 Å². The minimum atomic E-state index is -0.444. The molecule has 0 atom stereocenters. The summed E-state index contributed by atoms with van der Waals surface area (Å²) in [4.78, 5) is 18.6. The smallest absolute Gasteiger partial charge is 0.417 e. The summed E-state index contributed by atoms with van der Waals surface area (Å²) in [7, 11) is 1.66. The predicted octanol–water partition coefficient (Wildman–Crippen LogP) is 3.84. The highest BCUT2D eigenvalue weighted by Crippen LogP contribution is 2.26. The summed E-state index contributed by atoms with van der Waals surface area (Å²) in [6.45, 7) is 0. The Hall–Kier alpha value is -2.86. The van der Waals surface area contributed by atoms with Crippen LogP contribution < -0.4 is 10.5 Å². The second kappa shape index (κ2) is 5.98. The minimum Gasteiger partial charge on any atom is -0.497 e. The third kappa shape index (κ3) is 2.83. The molecule has 0 aliphatic heterocycles. The second-order valence-corrected chi connectivity index (χ2v) is 6.32. The van der Waals surface area contributed by atoms with Gasteiger partial charge in [0, 0.05) is 17.4 Å². The summed E-state index contributed by atoms with van der Waals surface area (Å²) >= 11 is 1.62. The predicted molar refractivity (Wildman–Crippen MR) is 93.7 cm³/mol. The van der Waals surface area contributed by atoms with E-state index in [9.17, 15) is 4.79 Å². The molecule has 6 heteroatoms. The molecule has 5 nitrogen and oxygen atoms in total. The molecule has 0 fully saturated rings. The maximum Gasteiger partial charge on any atom is 0.417 e. The van der Waals surface area contributed by atoms with Crippen LogP contribution >= 0.6 is 11.3 Å². The molecular weight excluding hydrogens is 324 g/mol. The van der Waals surface area contributed by atoms with Crippen LogP contribution in [0.2, 0.25) is 0 Å². The Bertz CT molecular complexity index is 1040. The zero-order valence-corrected chi connectivity index (χ0v) is 13.7. The zero-order valence-electron chi connectivity index (χ0n) is 12.9. The Kier molecular flexibility index (Phi) is 3.66. The molecular formula is C18H14N2O3S. The number of H-pyrrole nitrogens is 1. The van der Waals surface area contributed by atoms with Gasteiger partial charge in [-0.3, -0.25) is 4.98 Å². The van der Waals surface area contributed by atoms with E-state index in [0.717, 1.165) is 28.4 Å². The van der Waals surface area contributed by atoms with Gasteiger partial charge in [0.15, 0.2) is 5.58 Å². The maximum atomic E-state index is 11.2. The van der Waals surface area contributed by atoms with Gasteiger partial charge in [-0.1, -0.05) is 18.2 Å². The third-order valence-electron chi connectivity index (χ3n) is 3.78. The number of ether oxygens (including phenoxy) is 1. The van der Waals surface area contributed by atoms with Crippen molar-refractivity contribution in [2.75, 3.05) is 7.11 Å². The van der Waals surface area contributed by atoms with E-state index in [1.165, 1.54) is 5.56 Å². The van der Waals surface area contributed by atoms with Crippen LogP contribution in [0.1, 0.15) is 10.6 Å². The molecule has 0 unspecified atom stereocenters. The van der Waals surface area contributed by atoms with Crippen molar-refractivity contribution < 1.29 is 9.15 Å². The van der Waals surface area contributed by atoms with E-state index < -0.39 is 5.76 Å². The van der Waals surface area contributed by atoms with E-state index in [-0.39, 0.29) is 0 Å². The largest absolute Gasteiger partial charge is 0.497 e. The fourth-order valence-corrected chi connectivity index (χ4v) is 3.38. The van der Waals surface area contributed by atoms with Gasteiger partial charge < -0.3 is 9.15 Å². The molecule has 2 aromatic heterocycles. The molecule has 2 aromatic carbocycles. The number of rotatable bonds is 4. The Morgan fingerprint density at radius 2 is 2.04 bits per heavy atom. The van der Waals surface area contributed by atoms with Crippen LogP contribution in [0.5, 0.6) is 5.75 Å². The number of aromatic amines is 1. The van der Waals surface area contributed by atoms with Crippen LogP contribution in [0.25, 0.3) is 22.4 Å². The summed E-state index contributed by atoms with van der Waals surface area (Å²) < 4.78 is 10.3. The molecule has 0 bridgehead atoms. The van der Waals surface area contributed by atoms with Gasteiger partial charge >= 0.3 is 5.76 Å². The zero-order chi connectivity index (χ0) is 16.5. The van der Waals surface area contributed by atoms with Crippen molar-refractivity contribution in [2.45, 2.75) is 6.42 Å². The molecule has 24 heavy (non-hydrogen) atoms. The molecule has 4 aromatic rings. The van der Waals surface area contributed by atoms with Crippen molar-refractivity contribution in [3.63, 3.8) is 0 Å². The molecule has 0 spiro atoms. The number of oxazole rings is 1. The average molecular weight is 338 g/mol. The first-order valence-electron chi connectivity index (χ1n) is 7.42.